The van der Waals surface area contributed by atoms with Crippen LogP contribution in [0.3, 0.4) is 0 Å². The monoisotopic (exact) mass is 724 g/mol. The molecule has 7 rings (SSSR count). The minimum absolute atomic E-state index is 0.0816. The Hall–Kier alpha value is -4.01. The smallest absolute Gasteiger partial charge is 0.341 e. The van der Waals surface area contributed by atoms with Gasteiger partial charge >= 0.3 is 5.63 Å². The van der Waals surface area contributed by atoms with Gasteiger partial charge in [0, 0.05) is 49.9 Å². The maximum atomic E-state index is 16.3. The average Bonchev–Trinajstić information content (AvgIpc) is 3.66. The minimum Gasteiger partial charge on any atom is -0.486 e. The van der Waals surface area contributed by atoms with Gasteiger partial charge in [-0.1, -0.05) is 0 Å². The van der Waals surface area contributed by atoms with Crippen LogP contribution >= 0.6 is 0 Å². The number of hydrogen-bond acceptors (Lipinski definition) is 10. The molecule has 0 spiro atoms. The number of sulfonamides is 1. The Morgan fingerprint density at radius 3 is 2.49 bits per heavy atom. The van der Waals surface area contributed by atoms with Crippen LogP contribution in [0.15, 0.2) is 33.5 Å². The van der Waals surface area contributed by atoms with E-state index in [1.165, 1.54) is 17.0 Å². The van der Waals surface area contributed by atoms with Crippen molar-refractivity contribution in [2.75, 3.05) is 51.8 Å². The van der Waals surface area contributed by atoms with Crippen LogP contribution in [0.25, 0.3) is 11.0 Å². The van der Waals surface area contributed by atoms with E-state index >= 15 is 4.39 Å². The number of hydrogen-bond donors (Lipinski definition) is 1. The second kappa shape index (κ2) is 13.5. The van der Waals surface area contributed by atoms with Crippen LogP contribution in [0.2, 0.25) is 0 Å². The summed E-state index contributed by atoms with van der Waals surface area (Å²) in [4.78, 5) is 46.6. The van der Waals surface area contributed by atoms with Crippen LogP contribution in [0.4, 0.5) is 10.1 Å². The first-order valence-electron chi connectivity index (χ1n) is 17.7. The predicted molar refractivity (Wildman–Crippen MR) is 189 cm³/mol. The summed E-state index contributed by atoms with van der Waals surface area (Å²) in [6.07, 6.45) is 3.85. The largest absolute Gasteiger partial charge is 0.486 e. The van der Waals surface area contributed by atoms with Crippen LogP contribution in [-0.4, -0.2) is 93.9 Å². The van der Waals surface area contributed by atoms with E-state index in [0.717, 1.165) is 54.7 Å². The van der Waals surface area contributed by atoms with Crippen molar-refractivity contribution in [3.8, 4) is 5.75 Å². The van der Waals surface area contributed by atoms with Crippen LogP contribution in [0.1, 0.15) is 82.9 Å². The predicted octanol–water partition coefficient (Wildman–Crippen LogP) is 4.14. The topological polar surface area (TPSA) is 139 Å². The van der Waals surface area contributed by atoms with Crippen LogP contribution in [0.5, 0.6) is 5.75 Å². The van der Waals surface area contributed by atoms with Gasteiger partial charge in [-0.15, -0.1) is 0 Å². The first-order chi connectivity index (χ1) is 24.3. The number of piperazine rings is 1. The Morgan fingerprint density at radius 2 is 1.78 bits per heavy atom. The second-order valence-electron chi connectivity index (χ2n) is 14.7. The van der Waals surface area contributed by atoms with Gasteiger partial charge in [-0.05, 0) is 95.7 Å². The molecule has 274 valence electrons. The zero-order valence-corrected chi connectivity index (χ0v) is 30.4. The number of benzene rings is 2. The maximum Gasteiger partial charge on any atom is 0.341 e. The van der Waals surface area contributed by atoms with Gasteiger partial charge in [0.25, 0.3) is 11.8 Å². The molecule has 1 aromatic heterocycles. The van der Waals surface area contributed by atoms with Crippen molar-refractivity contribution in [1.29, 1.82) is 0 Å². The fourth-order valence-electron chi connectivity index (χ4n) is 7.61. The summed E-state index contributed by atoms with van der Waals surface area (Å²) >= 11 is 0. The normalized spacial score (nSPS) is 20.8. The summed E-state index contributed by atoms with van der Waals surface area (Å²) in [7, 11) is -0.215. The van der Waals surface area contributed by atoms with Gasteiger partial charge in [0.05, 0.1) is 46.7 Å². The number of anilines is 1. The number of carbonyl (C=O) groups is 2. The summed E-state index contributed by atoms with van der Waals surface area (Å²) in [6.45, 7) is 6.72. The Balaban J connectivity index is 1.16. The van der Waals surface area contributed by atoms with Gasteiger partial charge in [-0.3, -0.25) is 14.5 Å². The Bertz CT molecular complexity index is 2060. The van der Waals surface area contributed by atoms with Crippen molar-refractivity contribution in [2.45, 2.75) is 82.2 Å². The molecule has 14 heteroatoms. The highest BCUT2D eigenvalue weighted by molar-refractivity contribution is 7.91. The van der Waals surface area contributed by atoms with E-state index in [2.05, 4.69) is 27.6 Å². The lowest BCUT2D eigenvalue weighted by molar-refractivity contribution is 0.0725. The number of ether oxygens (including phenoxy) is 2. The number of rotatable bonds is 9. The summed E-state index contributed by atoms with van der Waals surface area (Å²) < 4.78 is 60.4. The highest BCUT2D eigenvalue weighted by Gasteiger charge is 2.51. The van der Waals surface area contributed by atoms with Gasteiger partial charge in [0.2, 0.25) is 10.0 Å². The highest BCUT2D eigenvalue weighted by Crippen LogP contribution is 2.42. The van der Waals surface area contributed by atoms with Gasteiger partial charge in [0.15, 0.2) is 11.6 Å². The summed E-state index contributed by atoms with van der Waals surface area (Å²) in [6, 6.07) is 6.67. The molecule has 0 bridgehead atoms. The molecule has 1 N–H and O–H groups in total. The molecule has 2 aliphatic heterocycles. The summed E-state index contributed by atoms with van der Waals surface area (Å²) in [5, 5.41) is 0.810. The molecule has 1 saturated heterocycles. The van der Waals surface area contributed by atoms with Crippen molar-refractivity contribution < 1.29 is 36.3 Å². The number of nitrogens with one attached hydrogen (secondary N) is 1. The van der Waals surface area contributed by atoms with Crippen molar-refractivity contribution in [3.63, 3.8) is 0 Å². The van der Waals surface area contributed by atoms with E-state index in [4.69, 9.17) is 13.9 Å². The average molecular weight is 725 g/mol. The number of aryl methyl sites for hydroxylation is 1. The molecular formula is C37H45FN4O8S. The standard InChI is InChI=1S/C37H45FN4O8S/c1-22-30(41-18-17-40(3)23(19-41)21-48-4)12-11-26-25-13-16-42(20-29(25)36(45)50-32(22)26)35(44)27-9-10-28(33(31(27)38)49-24-7-5-6-8-24)34(43)39-51(46,47)37(2)14-15-37/h9-12,23-24H,5-8,13-21H2,1-4H3,(H,39,43)/t23-/m1/s1. The molecule has 3 fully saturated rings. The molecule has 0 unspecified atom stereocenters. The van der Waals surface area contributed by atoms with E-state index < -0.39 is 43.8 Å². The third kappa shape index (κ3) is 6.50. The van der Waals surface area contributed by atoms with Crippen molar-refractivity contribution in [3.05, 3.63) is 68.3 Å². The van der Waals surface area contributed by atoms with Crippen LogP contribution in [0, 0.1) is 12.7 Å². The molecule has 12 nitrogen and oxygen atoms in total. The number of methoxy groups -OCH3 is 1. The number of halogens is 1. The van der Waals surface area contributed by atoms with Crippen molar-refractivity contribution in [2.24, 2.45) is 0 Å². The molecule has 3 aromatic rings. The molecule has 3 heterocycles. The lowest BCUT2D eigenvalue weighted by Crippen LogP contribution is -2.53. The number of fused-ring (bicyclic) bond motifs is 3. The van der Waals surface area contributed by atoms with Gasteiger partial charge < -0.3 is 23.7 Å². The lowest BCUT2D eigenvalue weighted by atomic mass is 9.95. The molecular weight excluding hydrogens is 679 g/mol. The third-order valence-electron chi connectivity index (χ3n) is 11.2. The molecule has 1 atom stereocenters. The van der Waals surface area contributed by atoms with E-state index in [0.29, 0.717) is 49.9 Å². The Labute approximate surface area is 296 Å². The molecule has 2 aromatic carbocycles. The zero-order valence-electron chi connectivity index (χ0n) is 29.6. The van der Waals surface area contributed by atoms with E-state index in [-0.39, 0.29) is 36.4 Å². The van der Waals surface area contributed by atoms with E-state index in [9.17, 15) is 22.8 Å². The molecule has 0 radical (unpaired) electrons. The lowest BCUT2D eigenvalue weighted by Gasteiger charge is -2.41. The van der Waals surface area contributed by atoms with E-state index in [1.807, 2.05) is 13.0 Å². The summed E-state index contributed by atoms with van der Waals surface area (Å²) in [5.41, 5.74) is 2.36. The molecule has 51 heavy (non-hydrogen) atoms. The van der Waals surface area contributed by atoms with Gasteiger partial charge in [-0.2, -0.15) is 0 Å². The van der Waals surface area contributed by atoms with Crippen LogP contribution < -0.4 is 20.0 Å². The van der Waals surface area contributed by atoms with E-state index in [1.54, 1.807) is 14.0 Å². The third-order valence-corrected chi connectivity index (χ3v) is 13.4. The first kappa shape index (κ1) is 35.4. The zero-order chi connectivity index (χ0) is 36.2. The van der Waals surface area contributed by atoms with Gasteiger partial charge in [0.1, 0.15) is 5.58 Å². The number of amides is 2. The van der Waals surface area contributed by atoms with Crippen LogP contribution in [-0.2, 0) is 27.7 Å². The Kier molecular flexibility index (Phi) is 9.38. The fourth-order valence-corrected chi connectivity index (χ4v) is 8.85. The number of likely N-dealkylation sites (N-methyl/N-ethyl adjacent to an activating group) is 1. The molecule has 2 amide bonds. The van der Waals surface area contributed by atoms with Gasteiger partial charge in [-0.25, -0.2) is 22.3 Å². The quantitative estimate of drug-likeness (QED) is 0.321. The number of carbonyl (C=O) groups excluding carboxylic acids is 2. The SMILES string of the molecule is COC[C@H]1CN(c2ccc3c4c(c(=O)oc3c2C)CN(C(=O)c2ccc(C(=O)NS(=O)(=O)C3(C)CC3)c(OC3CCCC3)c2F)CC4)CCN1C. The summed E-state index contributed by atoms with van der Waals surface area (Å²) in [5.74, 6) is -3.16. The number of nitrogens with zero attached hydrogens (tertiary/aromatic N) is 3. The highest BCUT2D eigenvalue weighted by atomic mass is 32.2. The molecule has 4 aliphatic rings. The second-order valence-corrected chi connectivity index (χ2v) is 16.9. The fraction of sp³-hybridized carbons (Fsp3) is 0.541. The molecule has 2 aliphatic carbocycles. The Morgan fingerprint density at radius 1 is 1.06 bits per heavy atom. The maximum absolute atomic E-state index is 16.3. The molecule has 2 saturated carbocycles. The van der Waals surface area contributed by atoms with Crippen molar-refractivity contribution in [1.82, 2.24) is 14.5 Å². The minimum atomic E-state index is -4.00. The first-order valence-corrected chi connectivity index (χ1v) is 19.2. The van der Waals surface area contributed by atoms with Crippen molar-refractivity contribution >= 4 is 38.5 Å².